The maximum atomic E-state index is 11.4. The number of nitrogens with one attached hydrogen (secondary N) is 2. The summed E-state index contributed by atoms with van der Waals surface area (Å²) < 4.78 is 0.487. The van der Waals surface area contributed by atoms with Gasteiger partial charge in [-0.1, -0.05) is 11.8 Å². The average Bonchev–Trinajstić information content (AvgIpc) is 2.68. The molecule has 19 heavy (non-hydrogen) atoms. The third kappa shape index (κ3) is 4.87. The lowest BCUT2D eigenvalue weighted by molar-refractivity contribution is -0.117. The number of rotatable bonds is 5. The lowest BCUT2D eigenvalue weighted by Gasteiger charge is -2.03. The number of carbonyl (C=O) groups excluding carboxylic acids is 2. The molecular weight excluding hydrogens is 290 g/mol. The molecule has 0 unspecified atom stereocenters. The summed E-state index contributed by atoms with van der Waals surface area (Å²) in [6, 6.07) is -0.547. The van der Waals surface area contributed by atoms with Crippen molar-refractivity contribution in [2.45, 2.75) is 18.2 Å². The number of thiazole rings is 1. The van der Waals surface area contributed by atoms with Crippen LogP contribution in [0.1, 0.15) is 22.3 Å². The van der Waals surface area contributed by atoms with Crippen molar-refractivity contribution >= 4 is 41.0 Å². The fourth-order valence-corrected chi connectivity index (χ4v) is 2.96. The number of hydrogen-bond acceptors (Lipinski definition) is 6. The van der Waals surface area contributed by atoms with Gasteiger partial charge in [0, 0.05) is 6.54 Å². The van der Waals surface area contributed by atoms with Crippen molar-refractivity contribution in [1.82, 2.24) is 15.6 Å². The molecule has 0 bridgehead atoms. The van der Waals surface area contributed by atoms with Crippen LogP contribution in [0.5, 0.6) is 0 Å². The van der Waals surface area contributed by atoms with Crippen molar-refractivity contribution in [3.05, 3.63) is 10.6 Å². The Balaban J connectivity index is 2.48. The number of nitrogens with zero attached hydrogens (tertiary/aromatic N) is 1. The van der Waals surface area contributed by atoms with Crippen LogP contribution in [0.4, 0.5) is 4.79 Å². The standard InChI is InChI=1S/C10H13N3O4S2/c1-3-11-9(17)13-6(14)4-18-10-12-5(2)7(19-10)8(15)16/h3-4H2,1-2H3,(H,15,16)(H2,11,13,14,17). The number of aromatic nitrogens is 1. The van der Waals surface area contributed by atoms with Gasteiger partial charge in [0.25, 0.3) is 0 Å². The number of amides is 3. The zero-order valence-corrected chi connectivity index (χ0v) is 12.0. The number of hydrogen-bond donors (Lipinski definition) is 3. The minimum atomic E-state index is -1.03. The number of imide groups is 1. The molecule has 3 N–H and O–H groups in total. The smallest absolute Gasteiger partial charge is 0.347 e. The molecular formula is C10H13N3O4S2. The number of aromatic carboxylic acids is 1. The van der Waals surface area contributed by atoms with E-state index in [1.165, 1.54) is 0 Å². The van der Waals surface area contributed by atoms with Crippen molar-refractivity contribution in [3.63, 3.8) is 0 Å². The number of aryl methyl sites for hydroxylation is 1. The SMILES string of the molecule is CCNC(=O)NC(=O)CSc1nc(C)c(C(=O)O)s1. The second-order valence-electron chi connectivity index (χ2n) is 3.40. The molecule has 1 aromatic heterocycles. The molecule has 0 aliphatic rings. The molecule has 3 amide bonds. The summed E-state index contributed by atoms with van der Waals surface area (Å²) in [5, 5.41) is 13.4. The fraction of sp³-hybridized carbons (Fsp3) is 0.400. The quantitative estimate of drug-likeness (QED) is 0.703. The number of carbonyl (C=O) groups is 3. The molecule has 1 heterocycles. The molecule has 0 radical (unpaired) electrons. The highest BCUT2D eigenvalue weighted by molar-refractivity contribution is 8.01. The molecule has 0 aliphatic heterocycles. The zero-order chi connectivity index (χ0) is 14.4. The number of carboxylic acids is 1. The molecule has 1 rings (SSSR count). The first-order valence-corrected chi connectivity index (χ1v) is 7.15. The topological polar surface area (TPSA) is 108 Å². The van der Waals surface area contributed by atoms with Crippen molar-refractivity contribution in [3.8, 4) is 0 Å². The van der Waals surface area contributed by atoms with E-state index in [2.05, 4.69) is 15.6 Å². The van der Waals surface area contributed by atoms with Crippen LogP contribution >= 0.6 is 23.1 Å². The highest BCUT2D eigenvalue weighted by Crippen LogP contribution is 2.26. The van der Waals surface area contributed by atoms with E-state index in [0.717, 1.165) is 23.1 Å². The van der Waals surface area contributed by atoms with Crippen molar-refractivity contribution in [2.75, 3.05) is 12.3 Å². The van der Waals surface area contributed by atoms with Gasteiger partial charge in [-0.2, -0.15) is 0 Å². The maximum absolute atomic E-state index is 11.4. The van der Waals surface area contributed by atoms with Gasteiger partial charge < -0.3 is 10.4 Å². The van der Waals surface area contributed by atoms with Gasteiger partial charge in [-0.15, -0.1) is 11.3 Å². The predicted octanol–water partition coefficient (Wildman–Crippen LogP) is 1.09. The summed E-state index contributed by atoms with van der Waals surface area (Å²) in [6.07, 6.45) is 0. The number of thioether (sulfide) groups is 1. The lowest BCUT2D eigenvalue weighted by Crippen LogP contribution is -2.40. The summed E-state index contributed by atoms with van der Waals surface area (Å²) >= 11 is 2.10. The Hall–Kier alpha value is -1.61. The Morgan fingerprint density at radius 2 is 2.11 bits per heavy atom. The van der Waals surface area contributed by atoms with Gasteiger partial charge in [0.15, 0.2) is 4.34 Å². The average molecular weight is 303 g/mol. The lowest BCUT2D eigenvalue weighted by atomic mass is 10.4. The molecule has 9 heteroatoms. The first-order chi connectivity index (χ1) is 8.93. The van der Waals surface area contributed by atoms with Crippen LogP contribution in [0, 0.1) is 6.92 Å². The van der Waals surface area contributed by atoms with E-state index in [0.29, 0.717) is 16.6 Å². The van der Waals surface area contributed by atoms with E-state index in [-0.39, 0.29) is 10.6 Å². The molecule has 0 atom stereocenters. The van der Waals surface area contributed by atoms with Crippen LogP contribution in [-0.2, 0) is 4.79 Å². The molecule has 0 fully saturated rings. The van der Waals surface area contributed by atoms with Crippen molar-refractivity contribution in [2.24, 2.45) is 0 Å². The van der Waals surface area contributed by atoms with E-state index in [1.807, 2.05) is 0 Å². The van der Waals surface area contributed by atoms with E-state index < -0.39 is 17.9 Å². The Morgan fingerprint density at radius 3 is 2.63 bits per heavy atom. The Bertz CT molecular complexity index is 501. The van der Waals surface area contributed by atoms with Gasteiger partial charge >= 0.3 is 12.0 Å². The van der Waals surface area contributed by atoms with Crippen LogP contribution in [0.2, 0.25) is 0 Å². The van der Waals surface area contributed by atoms with Gasteiger partial charge in [0.2, 0.25) is 5.91 Å². The molecule has 0 aliphatic carbocycles. The highest BCUT2D eigenvalue weighted by atomic mass is 32.2. The molecule has 0 saturated carbocycles. The molecule has 104 valence electrons. The van der Waals surface area contributed by atoms with Crippen LogP contribution < -0.4 is 10.6 Å². The van der Waals surface area contributed by atoms with Crippen LogP contribution in [0.15, 0.2) is 4.34 Å². The maximum Gasteiger partial charge on any atom is 0.347 e. The van der Waals surface area contributed by atoms with E-state index in [9.17, 15) is 14.4 Å². The van der Waals surface area contributed by atoms with Gasteiger partial charge in [-0.05, 0) is 13.8 Å². The van der Waals surface area contributed by atoms with Crippen LogP contribution in [0.3, 0.4) is 0 Å². The Labute approximate surface area is 117 Å². The van der Waals surface area contributed by atoms with Crippen molar-refractivity contribution in [1.29, 1.82) is 0 Å². The normalized spacial score (nSPS) is 10.0. The van der Waals surface area contributed by atoms with E-state index in [4.69, 9.17) is 5.11 Å². The Kier molecular flexibility index (Phi) is 5.77. The minimum Gasteiger partial charge on any atom is -0.477 e. The number of carboxylic acid groups (broad SMARTS) is 1. The largest absolute Gasteiger partial charge is 0.477 e. The molecule has 7 nitrogen and oxygen atoms in total. The monoisotopic (exact) mass is 303 g/mol. The predicted molar refractivity (Wildman–Crippen MR) is 71.7 cm³/mol. The first-order valence-electron chi connectivity index (χ1n) is 5.35. The fourth-order valence-electron chi connectivity index (χ4n) is 1.13. The van der Waals surface area contributed by atoms with Gasteiger partial charge in [-0.25, -0.2) is 14.6 Å². The second-order valence-corrected chi connectivity index (χ2v) is 5.62. The van der Waals surface area contributed by atoms with E-state index in [1.54, 1.807) is 13.8 Å². The highest BCUT2D eigenvalue weighted by Gasteiger charge is 2.15. The summed E-state index contributed by atoms with van der Waals surface area (Å²) in [5.41, 5.74) is 0.420. The first kappa shape index (κ1) is 15.4. The van der Waals surface area contributed by atoms with Gasteiger partial charge in [0.05, 0.1) is 11.4 Å². The summed E-state index contributed by atoms with van der Waals surface area (Å²) in [7, 11) is 0. The summed E-state index contributed by atoms with van der Waals surface area (Å²) in [4.78, 5) is 37.5. The zero-order valence-electron chi connectivity index (χ0n) is 10.3. The summed E-state index contributed by atoms with van der Waals surface area (Å²) in [6.45, 7) is 3.77. The molecule has 0 aromatic carbocycles. The van der Waals surface area contributed by atoms with Crippen LogP contribution in [-0.4, -0.2) is 40.3 Å². The van der Waals surface area contributed by atoms with Gasteiger partial charge in [-0.3, -0.25) is 10.1 Å². The number of urea groups is 1. The third-order valence-electron chi connectivity index (χ3n) is 1.89. The van der Waals surface area contributed by atoms with Crippen molar-refractivity contribution < 1.29 is 19.5 Å². The Morgan fingerprint density at radius 1 is 1.42 bits per heavy atom. The summed E-state index contributed by atoms with van der Waals surface area (Å²) in [5.74, 6) is -1.49. The molecule has 0 saturated heterocycles. The molecule has 0 spiro atoms. The van der Waals surface area contributed by atoms with Gasteiger partial charge in [0.1, 0.15) is 4.88 Å². The van der Waals surface area contributed by atoms with Crippen LogP contribution in [0.25, 0.3) is 0 Å². The van der Waals surface area contributed by atoms with E-state index >= 15 is 0 Å². The second kappa shape index (κ2) is 7.10. The molecule has 1 aromatic rings. The minimum absolute atomic E-state index is 0.00312. The third-order valence-corrected chi connectivity index (χ3v) is 4.18.